The monoisotopic (exact) mass is 180 g/mol. The van der Waals surface area contributed by atoms with Gasteiger partial charge in [0.05, 0.1) is 6.21 Å². The van der Waals surface area contributed by atoms with Gasteiger partial charge >= 0.3 is 7.05 Å². The molecule has 0 radical (unpaired) electrons. The Hall–Kier alpha value is -0.995. The van der Waals surface area contributed by atoms with E-state index in [1.54, 1.807) is 24.4 Å². The Labute approximate surface area is 75.2 Å². The molecule has 1 aliphatic heterocycles. The van der Waals surface area contributed by atoms with Crippen LogP contribution in [0.15, 0.2) is 23.3 Å². The zero-order valence-corrected chi connectivity index (χ0v) is 6.92. The molecule has 0 aliphatic carbocycles. The molecule has 60 valence electrons. The molecule has 0 fully saturated rings. The van der Waals surface area contributed by atoms with Crippen molar-refractivity contribution < 1.29 is 5.02 Å². The van der Waals surface area contributed by atoms with E-state index in [2.05, 4.69) is 10.4 Å². The Balaban J connectivity index is 2.55. The van der Waals surface area contributed by atoms with Gasteiger partial charge in [0.15, 0.2) is 0 Å². The molecular weight excluding hydrogens is 174 g/mol. The summed E-state index contributed by atoms with van der Waals surface area (Å²) >= 11 is 5.76. The van der Waals surface area contributed by atoms with Crippen LogP contribution < -0.4 is 10.8 Å². The van der Waals surface area contributed by atoms with Crippen molar-refractivity contribution in [2.24, 2.45) is 5.10 Å². The summed E-state index contributed by atoms with van der Waals surface area (Å²) in [5.41, 5.74) is 1.66. The number of nitrogens with zero attached hydrogens (tertiary/aromatic N) is 1. The predicted molar refractivity (Wildman–Crippen MR) is 49.8 cm³/mol. The molecule has 0 amide bonds. The second kappa shape index (κ2) is 2.81. The van der Waals surface area contributed by atoms with Crippen LogP contribution in [-0.4, -0.2) is 18.3 Å². The van der Waals surface area contributed by atoms with Gasteiger partial charge < -0.3 is 10.4 Å². The Kier molecular flexibility index (Phi) is 1.79. The topological polar surface area (TPSA) is 44.6 Å². The highest BCUT2D eigenvalue weighted by molar-refractivity contribution is 6.65. The Morgan fingerprint density at radius 3 is 3.17 bits per heavy atom. The highest BCUT2D eigenvalue weighted by Crippen LogP contribution is 2.09. The van der Waals surface area contributed by atoms with Gasteiger partial charge in [-0.1, -0.05) is 17.7 Å². The first-order valence-electron chi connectivity index (χ1n) is 3.53. The molecule has 0 unspecified atom stereocenters. The van der Waals surface area contributed by atoms with Gasteiger partial charge in [-0.15, -0.1) is 0 Å². The molecule has 12 heavy (non-hydrogen) atoms. The lowest BCUT2D eigenvalue weighted by molar-refractivity contribution is 0.565. The zero-order valence-electron chi connectivity index (χ0n) is 6.16. The fourth-order valence-corrected chi connectivity index (χ4v) is 1.33. The van der Waals surface area contributed by atoms with Gasteiger partial charge in [0, 0.05) is 5.02 Å². The number of hydrazone groups is 1. The largest absolute Gasteiger partial charge is 0.464 e. The summed E-state index contributed by atoms with van der Waals surface area (Å²) in [7, 11) is -0.720. The number of hydrogen-bond donors (Lipinski definition) is 2. The molecule has 3 nitrogen and oxygen atoms in total. The lowest BCUT2D eigenvalue weighted by atomic mass is 9.72. The van der Waals surface area contributed by atoms with Gasteiger partial charge in [-0.05, 0) is 23.2 Å². The van der Waals surface area contributed by atoms with Crippen LogP contribution >= 0.6 is 11.6 Å². The maximum absolute atomic E-state index is 9.38. The van der Waals surface area contributed by atoms with Crippen molar-refractivity contribution in [2.45, 2.75) is 0 Å². The van der Waals surface area contributed by atoms with Gasteiger partial charge in [0.1, 0.15) is 0 Å². The van der Waals surface area contributed by atoms with Crippen molar-refractivity contribution in [3.8, 4) is 0 Å². The zero-order chi connectivity index (χ0) is 8.55. The average Bonchev–Trinajstić information content (AvgIpc) is 2.04. The lowest BCUT2D eigenvalue weighted by Gasteiger charge is -2.13. The van der Waals surface area contributed by atoms with Crippen molar-refractivity contribution in [3.63, 3.8) is 0 Å². The molecule has 2 N–H and O–H groups in total. The number of halogens is 1. The fraction of sp³-hybridized carbons (Fsp3) is 0. The molecule has 0 bridgehead atoms. The van der Waals surface area contributed by atoms with Crippen LogP contribution in [0.3, 0.4) is 0 Å². The summed E-state index contributed by atoms with van der Waals surface area (Å²) < 4.78 is 0. The summed E-state index contributed by atoms with van der Waals surface area (Å²) in [4.78, 5) is 0. The minimum atomic E-state index is -0.720. The molecule has 0 saturated carbocycles. The quantitative estimate of drug-likeness (QED) is 0.551. The molecule has 0 atom stereocenters. The van der Waals surface area contributed by atoms with Crippen molar-refractivity contribution in [3.05, 3.63) is 28.8 Å². The smallest absolute Gasteiger partial charge is 0.428 e. The van der Waals surface area contributed by atoms with E-state index in [1.807, 2.05) is 0 Å². The number of rotatable bonds is 0. The number of fused-ring (bicyclic) bond motifs is 1. The normalized spacial score (nSPS) is 14.0. The van der Waals surface area contributed by atoms with Crippen molar-refractivity contribution >= 4 is 30.3 Å². The molecule has 5 heteroatoms. The first-order chi connectivity index (χ1) is 5.77. The Bertz CT molecular complexity index is 342. The molecule has 0 saturated heterocycles. The Morgan fingerprint density at radius 2 is 2.33 bits per heavy atom. The van der Waals surface area contributed by atoms with Gasteiger partial charge in [-0.3, -0.25) is 0 Å². The molecule has 0 spiro atoms. The van der Waals surface area contributed by atoms with E-state index in [4.69, 9.17) is 11.6 Å². The summed E-state index contributed by atoms with van der Waals surface area (Å²) in [6.07, 6.45) is 1.63. The minimum absolute atomic E-state index is 0.648. The number of hydrogen-bond acceptors (Lipinski definition) is 3. The van der Waals surface area contributed by atoms with Crippen molar-refractivity contribution in [1.82, 2.24) is 5.34 Å². The molecule has 2 rings (SSSR count). The third-order valence-corrected chi connectivity index (χ3v) is 1.98. The van der Waals surface area contributed by atoms with E-state index >= 15 is 0 Å². The van der Waals surface area contributed by atoms with Crippen LogP contribution in [0.1, 0.15) is 5.56 Å². The molecule has 0 aromatic heterocycles. The predicted octanol–water partition coefficient (Wildman–Crippen LogP) is -0.0354. The van der Waals surface area contributed by atoms with Crippen LogP contribution in [0.4, 0.5) is 0 Å². The van der Waals surface area contributed by atoms with E-state index in [1.165, 1.54) is 0 Å². The first kappa shape index (κ1) is 7.64. The second-order valence-corrected chi connectivity index (χ2v) is 3.00. The van der Waals surface area contributed by atoms with E-state index < -0.39 is 7.05 Å². The SMILES string of the molecule is OB1NN=Cc2cc(Cl)ccc21. The summed E-state index contributed by atoms with van der Waals surface area (Å²) in [6.45, 7) is 0. The standard InChI is InChI=1S/C7H6BClN2O/c9-6-1-2-7-5(3-6)4-10-11-8(7)12/h1-4,11-12H. The Morgan fingerprint density at radius 1 is 1.50 bits per heavy atom. The van der Waals surface area contributed by atoms with Crippen LogP contribution in [0.2, 0.25) is 5.02 Å². The van der Waals surface area contributed by atoms with E-state index in [0.29, 0.717) is 5.02 Å². The average molecular weight is 180 g/mol. The third kappa shape index (κ3) is 1.19. The van der Waals surface area contributed by atoms with Gasteiger partial charge in [0.25, 0.3) is 0 Å². The minimum Gasteiger partial charge on any atom is -0.428 e. The number of benzene rings is 1. The maximum atomic E-state index is 9.38. The molecule has 1 aromatic rings. The van der Waals surface area contributed by atoms with Crippen LogP contribution in [0.25, 0.3) is 0 Å². The highest BCUT2D eigenvalue weighted by atomic mass is 35.5. The third-order valence-electron chi connectivity index (χ3n) is 1.74. The maximum Gasteiger partial charge on any atom is 0.464 e. The highest BCUT2D eigenvalue weighted by Gasteiger charge is 2.20. The molecule has 1 aliphatic rings. The first-order valence-corrected chi connectivity index (χ1v) is 3.91. The van der Waals surface area contributed by atoms with Crippen molar-refractivity contribution in [2.75, 3.05) is 0 Å². The van der Waals surface area contributed by atoms with E-state index in [-0.39, 0.29) is 0 Å². The van der Waals surface area contributed by atoms with Crippen LogP contribution in [-0.2, 0) is 0 Å². The molecule has 1 aromatic carbocycles. The lowest BCUT2D eigenvalue weighted by Crippen LogP contribution is -2.46. The number of nitrogens with one attached hydrogen (secondary N) is 1. The summed E-state index contributed by atoms with van der Waals surface area (Å²) in [5, 5.41) is 16.3. The van der Waals surface area contributed by atoms with Gasteiger partial charge in [-0.25, -0.2) is 0 Å². The van der Waals surface area contributed by atoms with Gasteiger partial charge in [-0.2, -0.15) is 5.10 Å². The summed E-state index contributed by atoms with van der Waals surface area (Å²) in [5.74, 6) is 0. The fourth-order valence-electron chi connectivity index (χ4n) is 1.15. The van der Waals surface area contributed by atoms with E-state index in [0.717, 1.165) is 11.0 Å². The van der Waals surface area contributed by atoms with Crippen LogP contribution in [0, 0.1) is 0 Å². The van der Waals surface area contributed by atoms with Gasteiger partial charge in [0.2, 0.25) is 0 Å². The van der Waals surface area contributed by atoms with E-state index in [9.17, 15) is 5.02 Å². The second-order valence-electron chi connectivity index (χ2n) is 2.56. The summed E-state index contributed by atoms with van der Waals surface area (Å²) in [6, 6.07) is 5.29. The molecule has 1 heterocycles. The van der Waals surface area contributed by atoms with Crippen molar-refractivity contribution in [1.29, 1.82) is 0 Å². The van der Waals surface area contributed by atoms with Crippen LogP contribution in [0.5, 0.6) is 0 Å². The molecular formula is C7H6BClN2O.